The molecule has 122 valence electrons. The molecule has 1 saturated heterocycles. The van der Waals surface area contributed by atoms with Gasteiger partial charge in [-0.2, -0.15) is 0 Å². The van der Waals surface area contributed by atoms with Gasteiger partial charge in [0.05, 0.1) is 11.1 Å². The Morgan fingerprint density at radius 2 is 1.57 bits per heavy atom. The third-order valence-corrected chi connectivity index (χ3v) is 5.33. The van der Waals surface area contributed by atoms with Gasteiger partial charge in [-0.15, -0.1) is 0 Å². The average molecular weight is 313 g/mol. The van der Waals surface area contributed by atoms with Crippen molar-refractivity contribution < 1.29 is 5.32 Å². The first kappa shape index (κ1) is 17.0. The van der Waals surface area contributed by atoms with Crippen LogP contribution in [0, 0.1) is 5.92 Å². The molecule has 0 unspecified atom stereocenters. The Morgan fingerprint density at radius 1 is 1.00 bits per heavy atom. The Labute approximate surface area is 136 Å². The van der Waals surface area contributed by atoms with E-state index < -0.39 is 0 Å². The highest BCUT2D eigenvalue weighted by atomic mass is 32.1. The molecule has 0 spiro atoms. The van der Waals surface area contributed by atoms with Gasteiger partial charge < -0.3 is 16.0 Å². The summed E-state index contributed by atoms with van der Waals surface area (Å²) in [5.74, 6) is 0.742. The van der Waals surface area contributed by atoms with E-state index in [1.807, 2.05) is 0 Å². The molecular weight excluding hydrogens is 278 g/mol. The van der Waals surface area contributed by atoms with Crippen LogP contribution in [0.1, 0.15) is 73.1 Å². The summed E-state index contributed by atoms with van der Waals surface area (Å²) in [7, 11) is 0. The first-order chi connectivity index (χ1) is 9.67. The van der Waals surface area contributed by atoms with E-state index in [0.29, 0.717) is 12.1 Å². The molecule has 4 N–H and O–H groups in total. The maximum absolute atomic E-state index is 5.59. The highest BCUT2D eigenvalue weighted by molar-refractivity contribution is 7.80. The van der Waals surface area contributed by atoms with Crippen molar-refractivity contribution in [1.82, 2.24) is 10.6 Å². The summed E-state index contributed by atoms with van der Waals surface area (Å²) in [4.78, 5) is 0. The molecule has 2 rings (SSSR count). The summed E-state index contributed by atoms with van der Waals surface area (Å²) in [5, 5.41) is 10.6. The van der Waals surface area contributed by atoms with Crippen LogP contribution in [0.3, 0.4) is 0 Å². The first-order valence-electron chi connectivity index (χ1n) is 8.61. The van der Waals surface area contributed by atoms with Crippen LogP contribution in [0.15, 0.2) is 0 Å². The molecule has 0 aromatic carbocycles. The van der Waals surface area contributed by atoms with Crippen LogP contribution < -0.4 is 16.0 Å². The molecule has 1 aliphatic carbocycles. The number of thiocarbonyl (C=S) groups is 1. The van der Waals surface area contributed by atoms with Crippen LogP contribution in [0.2, 0.25) is 0 Å². The van der Waals surface area contributed by atoms with Gasteiger partial charge >= 0.3 is 0 Å². The average Bonchev–Trinajstić information content (AvgIpc) is 2.27. The summed E-state index contributed by atoms with van der Waals surface area (Å²) >= 11 is 5.59. The van der Waals surface area contributed by atoms with E-state index in [2.05, 4.69) is 50.6 Å². The van der Waals surface area contributed by atoms with Gasteiger partial charge in [0.25, 0.3) is 0 Å². The fourth-order valence-electron chi connectivity index (χ4n) is 4.55. The van der Waals surface area contributed by atoms with Crippen LogP contribution in [0.5, 0.6) is 0 Å². The zero-order valence-electron chi connectivity index (χ0n) is 14.5. The fourth-order valence-corrected chi connectivity index (χ4v) is 4.86. The van der Waals surface area contributed by atoms with Gasteiger partial charge in [-0.1, -0.05) is 19.8 Å². The predicted octanol–water partition coefficient (Wildman–Crippen LogP) is 2.31. The van der Waals surface area contributed by atoms with Crippen LogP contribution >= 0.6 is 12.2 Å². The van der Waals surface area contributed by atoms with Crippen molar-refractivity contribution in [2.75, 3.05) is 0 Å². The van der Waals surface area contributed by atoms with Gasteiger partial charge in [0.1, 0.15) is 0 Å². The molecule has 21 heavy (non-hydrogen) atoms. The van der Waals surface area contributed by atoms with E-state index >= 15 is 0 Å². The van der Waals surface area contributed by atoms with Crippen LogP contribution in [0.25, 0.3) is 0 Å². The van der Waals surface area contributed by atoms with E-state index in [1.54, 1.807) is 0 Å². The molecule has 1 aliphatic heterocycles. The Hall–Kier alpha value is -0.350. The zero-order valence-corrected chi connectivity index (χ0v) is 15.3. The molecule has 0 bridgehead atoms. The molecule has 2 atom stereocenters. The Kier molecular flexibility index (Phi) is 5.19. The van der Waals surface area contributed by atoms with Crippen molar-refractivity contribution in [3.8, 4) is 0 Å². The largest absolute Gasteiger partial charge is 0.360 e. The number of piperidine rings is 1. The maximum Gasteiger partial charge on any atom is 0.166 e. The third kappa shape index (κ3) is 5.10. The molecular formula is C17H34N3S+. The SMILES string of the molecule is C[C@H]1CCCC[C@@H]1NC(=S)NC1CC(C)(C)[NH2+]C(C)(C)C1. The highest BCUT2D eigenvalue weighted by Crippen LogP contribution is 2.24. The van der Waals surface area contributed by atoms with E-state index in [1.165, 1.54) is 38.5 Å². The molecule has 4 heteroatoms. The quantitative estimate of drug-likeness (QED) is 0.685. The summed E-state index contributed by atoms with van der Waals surface area (Å²) in [6.07, 6.45) is 7.64. The summed E-state index contributed by atoms with van der Waals surface area (Å²) in [6.45, 7) is 11.7. The second kappa shape index (κ2) is 6.41. The molecule has 0 aromatic heterocycles. The number of hydrogen-bond acceptors (Lipinski definition) is 1. The Bertz CT molecular complexity index is 362. The van der Waals surface area contributed by atoms with E-state index in [4.69, 9.17) is 12.2 Å². The van der Waals surface area contributed by atoms with Gasteiger partial charge in [-0.05, 0) is 58.7 Å². The van der Waals surface area contributed by atoms with Gasteiger partial charge in [-0.3, -0.25) is 0 Å². The maximum atomic E-state index is 5.59. The molecule has 0 amide bonds. The van der Waals surface area contributed by atoms with Crippen molar-refractivity contribution in [2.45, 2.75) is 96.3 Å². The van der Waals surface area contributed by atoms with E-state index in [0.717, 1.165) is 11.0 Å². The standard InChI is InChI=1S/C17H33N3S/c1-12-8-6-7-9-14(12)19-15(21)18-13-10-16(2,3)20-17(4,5)11-13/h12-14,20H,6-11H2,1-5H3,(H2,18,19,21)/p+1/t12-,14-/m0/s1. The Morgan fingerprint density at radius 3 is 2.14 bits per heavy atom. The van der Waals surface area contributed by atoms with Gasteiger partial charge in [-0.25, -0.2) is 0 Å². The van der Waals surface area contributed by atoms with Crippen molar-refractivity contribution >= 4 is 17.3 Å². The van der Waals surface area contributed by atoms with Crippen molar-refractivity contribution in [1.29, 1.82) is 0 Å². The number of nitrogens with two attached hydrogens (primary N) is 1. The van der Waals surface area contributed by atoms with Crippen LogP contribution in [-0.2, 0) is 0 Å². The third-order valence-electron chi connectivity index (χ3n) is 5.09. The Balaban J connectivity index is 1.87. The molecule has 2 aliphatic rings. The number of quaternary nitrogens is 1. The monoisotopic (exact) mass is 312 g/mol. The fraction of sp³-hybridized carbons (Fsp3) is 0.941. The van der Waals surface area contributed by atoms with E-state index in [9.17, 15) is 0 Å². The summed E-state index contributed by atoms with van der Waals surface area (Å²) in [5.41, 5.74) is 0.570. The van der Waals surface area contributed by atoms with Crippen molar-refractivity contribution in [3.63, 3.8) is 0 Å². The summed E-state index contributed by atoms with van der Waals surface area (Å²) in [6, 6.07) is 1.05. The molecule has 0 aromatic rings. The lowest BCUT2D eigenvalue weighted by Gasteiger charge is -2.43. The lowest BCUT2D eigenvalue weighted by molar-refractivity contribution is -0.787. The van der Waals surface area contributed by atoms with Crippen molar-refractivity contribution in [3.05, 3.63) is 0 Å². The lowest BCUT2D eigenvalue weighted by Crippen LogP contribution is -3.06. The molecule has 3 nitrogen and oxygen atoms in total. The molecule has 2 fully saturated rings. The summed E-state index contributed by atoms with van der Waals surface area (Å²) < 4.78 is 0. The van der Waals surface area contributed by atoms with Gasteiger partial charge in [0, 0.05) is 24.9 Å². The molecule has 0 radical (unpaired) electrons. The van der Waals surface area contributed by atoms with Crippen LogP contribution in [0.4, 0.5) is 0 Å². The van der Waals surface area contributed by atoms with E-state index in [-0.39, 0.29) is 11.1 Å². The number of nitrogens with one attached hydrogen (secondary N) is 2. The zero-order chi connectivity index (χ0) is 15.7. The predicted molar refractivity (Wildman–Crippen MR) is 93.4 cm³/mol. The van der Waals surface area contributed by atoms with Crippen LogP contribution in [-0.4, -0.2) is 28.3 Å². The minimum Gasteiger partial charge on any atom is -0.360 e. The van der Waals surface area contributed by atoms with Gasteiger partial charge in [0.15, 0.2) is 5.11 Å². The minimum atomic E-state index is 0.285. The second-order valence-electron chi connectivity index (χ2n) is 8.71. The van der Waals surface area contributed by atoms with Gasteiger partial charge in [0.2, 0.25) is 0 Å². The van der Waals surface area contributed by atoms with Crippen molar-refractivity contribution in [2.24, 2.45) is 5.92 Å². The smallest absolute Gasteiger partial charge is 0.166 e. The normalized spacial score (nSPS) is 32.4. The second-order valence-corrected chi connectivity index (χ2v) is 9.12. The first-order valence-corrected chi connectivity index (χ1v) is 9.02. The number of hydrogen-bond donors (Lipinski definition) is 3. The minimum absolute atomic E-state index is 0.285. The molecule has 1 saturated carbocycles. The molecule has 1 heterocycles. The topological polar surface area (TPSA) is 40.7 Å². The highest BCUT2D eigenvalue weighted by Gasteiger charge is 2.41. The number of rotatable bonds is 2. The lowest BCUT2D eigenvalue weighted by atomic mass is 9.79.